The fourth-order valence-electron chi connectivity index (χ4n) is 1.63. The van der Waals surface area contributed by atoms with Gasteiger partial charge in [0, 0.05) is 13.0 Å². The Morgan fingerprint density at radius 2 is 2.33 bits per heavy atom. The van der Waals surface area contributed by atoms with Gasteiger partial charge in [0.05, 0.1) is 18.4 Å². The maximum atomic E-state index is 11.9. The van der Waals surface area contributed by atoms with Crippen molar-refractivity contribution < 1.29 is 14.0 Å². The largest absolute Gasteiger partial charge is 0.457 e. The standard InChI is InChI=1S/C10H10BrNO3/c11-9-8(3-5-15-9)10(14)12-4-1-2-7(13)6-12/h3,5H,1-2,4,6H2. The van der Waals surface area contributed by atoms with Crippen LogP contribution in [0.15, 0.2) is 21.4 Å². The first-order valence-electron chi connectivity index (χ1n) is 4.72. The number of piperidine rings is 1. The lowest BCUT2D eigenvalue weighted by Gasteiger charge is -2.25. The second kappa shape index (κ2) is 4.18. The number of carbonyl (C=O) groups excluding carboxylic acids is 2. The van der Waals surface area contributed by atoms with Crippen LogP contribution in [0.3, 0.4) is 0 Å². The van der Waals surface area contributed by atoms with E-state index in [1.807, 2.05) is 0 Å². The normalized spacial score (nSPS) is 16.9. The minimum absolute atomic E-state index is 0.120. The zero-order valence-corrected chi connectivity index (χ0v) is 9.62. The number of furan rings is 1. The molecule has 2 rings (SSSR count). The quantitative estimate of drug-likeness (QED) is 0.783. The maximum Gasteiger partial charge on any atom is 0.258 e. The third-order valence-electron chi connectivity index (χ3n) is 2.39. The van der Waals surface area contributed by atoms with Crippen molar-refractivity contribution in [3.05, 3.63) is 22.6 Å². The molecule has 0 atom stereocenters. The van der Waals surface area contributed by atoms with E-state index >= 15 is 0 Å². The summed E-state index contributed by atoms with van der Waals surface area (Å²) in [4.78, 5) is 24.7. The molecule has 0 aromatic carbocycles. The van der Waals surface area contributed by atoms with Crippen LogP contribution in [0, 0.1) is 0 Å². The van der Waals surface area contributed by atoms with E-state index in [1.54, 1.807) is 11.0 Å². The number of carbonyl (C=O) groups is 2. The topological polar surface area (TPSA) is 50.5 Å². The van der Waals surface area contributed by atoms with Gasteiger partial charge < -0.3 is 9.32 Å². The molecule has 1 aliphatic rings. The first-order chi connectivity index (χ1) is 7.18. The summed E-state index contributed by atoms with van der Waals surface area (Å²) in [5.74, 6) is -0.0297. The Bertz CT molecular complexity index is 399. The summed E-state index contributed by atoms with van der Waals surface area (Å²) in [6.45, 7) is 0.860. The monoisotopic (exact) mass is 271 g/mol. The van der Waals surface area contributed by atoms with Crippen molar-refractivity contribution in [3.8, 4) is 0 Å². The molecular weight excluding hydrogens is 262 g/mol. The van der Waals surface area contributed by atoms with E-state index < -0.39 is 0 Å². The van der Waals surface area contributed by atoms with Crippen molar-refractivity contribution >= 4 is 27.6 Å². The number of likely N-dealkylation sites (tertiary alicyclic amines) is 1. The van der Waals surface area contributed by atoms with Crippen molar-refractivity contribution in [1.82, 2.24) is 4.90 Å². The van der Waals surface area contributed by atoms with E-state index in [9.17, 15) is 9.59 Å². The molecule has 1 aromatic heterocycles. The Morgan fingerprint density at radius 3 is 2.93 bits per heavy atom. The summed E-state index contributed by atoms with van der Waals surface area (Å²) in [5, 5.41) is 0. The second-order valence-corrected chi connectivity index (χ2v) is 4.20. The summed E-state index contributed by atoms with van der Waals surface area (Å²) in [5.41, 5.74) is 0.477. The molecule has 0 bridgehead atoms. The van der Waals surface area contributed by atoms with Crippen LogP contribution in [0.4, 0.5) is 0 Å². The molecule has 1 saturated heterocycles. The zero-order valence-electron chi connectivity index (χ0n) is 8.03. The predicted molar refractivity (Wildman–Crippen MR) is 56.6 cm³/mol. The van der Waals surface area contributed by atoms with Gasteiger partial charge in [-0.1, -0.05) is 0 Å². The molecule has 0 saturated carbocycles. The van der Waals surface area contributed by atoms with Crippen LogP contribution < -0.4 is 0 Å². The number of hydrogen-bond acceptors (Lipinski definition) is 3. The van der Waals surface area contributed by atoms with Gasteiger partial charge >= 0.3 is 0 Å². The Morgan fingerprint density at radius 1 is 1.53 bits per heavy atom. The first kappa shape index (κ1) is 10.4. The fraction of sp³-hybridized carbons (Fsp3) is 0.400. The highest BCUT2D eigenvalue weighted by Crippen LogP contribution is 2.20. The third kappa shape index (κ3) is 2.12. The van der Waals surface area contributed by atoms with Crippen LogP contribution in [-0.2, 0) is 4.79 Å². The minimum atomic E-state index is -0.149. The number of Topliss-reactive ketones (excluding diaryl/α,β-unsaturated/α-hetero) is 1. The molecule has 0 N–H and O–H groups in total. The highest BCUT2D eigenvalue weighted by molar-refractivity contribution is 9.10. The number of ketones is 1. The molecule has 5 heteroatoms. The summed E-state index contributed by atoms with van der Waals surface area (Å²) in [6, 6.07) is 1.60. The van der Waals surface area contributed by atoms with E-state index in [4.69, 9.17) is 4.42 Å². The van der Waals surface area contributed by atoms with Crippen LogP contribution in [-0.4, -0.2) is 29.7 Å². The molecular formula is C10H10BrNO3. The van der Waals surface area contributed by atoms with Gasteiger partial charge in [0.1, 0.15) is 0 Å². The summed E-state index contributed by atoms with van der Waals surface area (Å²) in [7, 11) is 0. The third-order valence-corrected chi connectivity index (χ3v) is 3.00. The SMILES string of the molecule is O=C1CCCN(C(=O)c2ccoc2Br)C1. The molecule has 80 valence electrons. The lowest BCUT2D eigenvalue weighted by atomic mass is 10.1. The van der Waals surface area contributed by atoms with E-state index in [1.165, 1.54) is 6.26 Å². The molecule has 4 nitrogen and oxygen atoms in total. The number of hydrogen-bond donors (Lipinski definition) is 0. The van der Waals surface area contributed by atoms with Crippen molar-refractivity contribution in [2.45, 2.75) is 12.8 Å². The van der Waals surface area contributed by atoms with E-state index in [0.29, 0.717) is 23.2 Å². The smallest absolute Gasteiger partial charge is 0.258 e. The minimum Gasteiger partial charge on any atom is -0.457 e. The summed E-state index contributed by atoms with van der Waals surface area (Å²) < 4.78 is 5.41. The van der Waals surface area contributed by atoms with Gasteiger partial charge in [0.15, 0.2) is 10.5 Å². The van der Waals surface area contributed by atoms with Crippen LogP contribution >= 0.6 is 15.9 Å². The Kier molecular flexibility index (Phi) is 2.90. The number of amides is 1. The second-order valence-electron chi connectivity index (χ2n) is 3.48. The molecule has 0 aliphatic carbocycles. The highest BCUT2D eigenvalue weighted by Gasteiger charge is 2.24. The Labute approximate surface area is 95.4 Å². The molecule has 0 radical (unpaired) electrons. The van der Waals surface area contributed by atoms with Gasteiger partial charge in [-0.25, -0.2) is 0 Å². The van der Waals surface area contributed by atoms with E-state index in [2.05, 4.69) is 15.9 Å². The van der Waals surface area contributed by atoms with Crippen LogP contribution in [0.25, 0.3) is 0 Å². The highest BCUT2D eigenvalue weighted by atomic mass is 79.9. The molecule has 1 aromatic rings. The van der Waals surface area contributed by atoms with Gasteiger partial charge in [-0.3, -0.25) is 9.59 Å². The Hall–Kier alpha value is -1.10. The van der Waals surface area contributed by atoms with Gasteiger partial charge in [0.25, 0.3) is 5.91 Å². The molecule has 15 heavy (non-hydrogen) atoms. The molecule has 0 spiro atoms. The summed E-state index contributed by atoms with van der Waals surface area (Å²) in [6.07, 6.45) is 2.78. The lowest BCUT2D eigenvalue weighted by Crippen LogP contribution is -2.40. The molecule has 1 amide bonds. The van der Waals surface area contributed by atoms with Gasteiger partial charge in [0.2, 0.25) is 0 Å². The lowest BCUT2D eigenvalue weighted by molar-refractivity contribution is -0.121. The van der Waals surface area contributed by atoms with Crippen molar-refractivity contribution in [2.75, 3.05) is 13.1 Å². The fourth-order valence-corrected chi connectivity index (χ4v) is 2.04. The predicted octanol–water partition coefficient (Wildman–Crippen LogP) is 1.85. The van der Waals surface area contributed by atoms with Gasteiger partial charge in [-0.2, -0.15) is 0 Å². The van der Waals surface area contributed by atoms with E-state index in [-0.39, 0.29) is 18.2 Å². The first-order valence-corrected chi connectivity index (χ1v) is 5.52. The maximum absolute atomic E-state index is 11.9. The van der Waals surface area contributed by atoms with Crippen molar-refractivity contribution in [1.29, 1.82) is 0 Å². The molecule has 1 fully saturated rings. The van der Waals surface area contributed by atoms with Gasteiger partial charge in [-0.15, -0.1) is 0 Å². The molecule has 0 unspecified atom stereocenters. The molecule has 2 heterocycles. The Balaban J connectivity index is 2.14. The van der Waals surface area contributed by atoms with Crippen LogP contribution in [0.5, 0.6) is 0 Å². The average Bonchev–Trinajstić information content (AvgIpc) is 2.63. The molecule has 1 aliphatic heterocycles. The van der Waals surface area contributed by atoms with Gasteiger partial charge in [-0.05, 0) is 28.4 Å². The van der Waals surface area contributed by atoms with Crippen molar-refractivity contribution in [3.63, 3.8) is 0 Å². The van der Waals surface area contributed by atoms with Crippen LogP contribution in [0.1, 0.15) is 23.2 Å². The number of nitrogens with zero attached hydrogens (tertiary/aromatic N) is 1. The van der Waals surface area contributed by atoms with Crippen molar-refractivity contribution in [2.24, 2.45) is 0 Å². The number of halogens is 1. The van der Waals surface area contributed by atoms with E-state index in [0.717, 1.165) is 6.42 Å². The average molecular weight is 272 g/mol. The number of rotatable bonds is 1. The summed E-state index contributed by atoms with van der Waals surface area (Å²) >= 11 is 3.15. The zero-order chi connectivity index (χ0) is 10.8. The van der Waals surface area contributed by atoms with Crippen LogP contribution in [0.2, 0.25) is 0 Å².